The Labute approximate surface area is 158 Å². The topological polar surface area (TPSA) is 75.9 Å². The molecule has 0 aliphatic carbocycles. The van der Waals surface area contributed by atoms with Crippen LogP contribution in [0.2, 0.25) is 0 Å². The van der Waals surface area contributed by atoms with E-state index < -0.39 is 11.2 Å². The monoisotopic (exact) mass is 385 g/mol. The predicted octanol–water partition coefficient (Wildman–Crippen LogP) is 1.29. The van der Waals surface area contributed by atoms with Crippen molar-refractivity contribution in [1.82, 2.24) is 9.80 Å². The summed E-state index contributed by atoms with van der Waals surface area (Å²) in [4.78, 5) is 28.9. The summed E-state index contributed by atoms with van der Waals surface area (Å²) in [6.07, 6.45) is 1.29. The number of piperazine rings is 1. The van der Waals surface area contributed by atoms with Gasteiger partial charge in [-0.15, -0.1) is 12.4 Å². The highest BCUT2D eigenvalue weighted by molar-refractivity contribution is 5.94. The molecule has 3 rings (SSSR count). The summed E-state index contributed by atoms with van der Waals surface area (Å²) >= 11 is 0. The molecule has 0 aromatic heterocycles. The highest BCUT2D eigenvalue weighted by Crippen LogP contribution is 2.32. The van der Waals surface area contributed by atoms with Gasteiger partial charge in [0.25, 0.3) is 5.91 Å². The minimum absolute atomic E-state index is 0. The zero-order valence-electron chi connectivity index (χ0n) is 14.7. The van der Waals surface area contributed by atoms with Crippen molar-refractivity contribution in [1.29, 1.82) is 0 Å². The van der Waals surface area contributed by atoms with Crippen molar-refractivity contribution in [2.75, 3.05) is 45.9 Å². The van der Waals surface area contributed by atoms with Crippen molar-refractivity contribution in [2.45, 2.75) is 12.8 Å². The van der Waals surface area contributed by atoms with Crippen LogP contribution in [-0.2, 0) is 9.53 Å². The zero-order chi connectivity index (χ0) is 17.9. The van der Waals surface area contributed by atoms with Gasteiger partial charge in [0.15, 0.2) is 0 Å². The molecule has 2 aliphatic heterocycles. The Morgan fingerprint density at radius 2 is 1.73 bits per heavy atom. The molecule has 0 saturated carbocycles. The van der Waals surface area contributed by atoms with Crippen LogP contribution >= 0.6 is 12.4 Å². The quantitative estimate of drug-likeness (QED) is 0.850. The highest BCUT2D eigenvalue weighted by atomic mass is 35.5. The van der Waals surface area contributed by atoms with Crippen molar-refractivity contribution < 1.29 is 18.7 Å². The fraction of sp³-hybridized carbons (Fsp3) is 0.556. The fourth-order valence-electron chi connectivity index (χ4n) is 3.52. The van der Waals surface area contributed by atoms with Crippen LogP contribution in [0.3, 0.4) is 0 Å². The molecule has 6 nitrogen and oxygen atoms in total. The number of nitrogens with zero attached hydrogens (tertiary/aromatic N) is 2. The van der Waals surface area contributed by atoms with E-state index in [1.807, 2.05) is 0 Å². The molecule has 2 saturated heterocycles. The van der Waals surface area contributed by atoms with Gasteiger partial charge in [0.2, 0.25) is 5.91 Å². The molecule has 0 spiro atoms. The number of amides is 2. The Hall–Kier alpha value is -1.70. The number of rotatable bonds is 3. The van der Waals surface area contributed by atoms with Crippen LogP contribution in [0, 0.1) is 11.2 Å². The molecule has 2 aliphatic rings. The average molecular weight is 386 g/mol. The minimum Gasteiger partial charge on any atom is -0.381 e. The van der Waals surface area contributed by atoms with Crippen LogP contribution in [0.1, 0.15) is 23.2 Å². The molecule has 1 aromatic carbocycles. The van der Waals surface area contributed by atoms with E-state index in [0.29, 0.717) is 64.3 Å². The predicted molar refractivity (Wildman–Crippen MR) is 97.7 cm³/mol. The molecule has 8 heteroatoms. The molecule has 0 bridgehead atoms. The van der Waals surface area contributed by atoms with Crippen molar-refractivity contribution in [3.8, 4) is 0 Å². The van der Waals surface area contributed by atoms with Gasteiger partial charge in [0, 0.05) is 51.5 Å². The Kier molecular flexibility index (Phi) is 6.97. The van der Waals surface area contributed by atoms with Gasteiger partial charge >= 0.3 is 0 Å². The van der Waals surface area contributed by atoms with E-state index in [4.69, 9.17) is 10.5 Å². The third kappa shape index (κ3) is 4.16. The summed E-state index contributed by atoms with van der Waals surface area (Å²) in [5, 5.41) is 0. The lowest BCUT2D eigenvalue weighted by Crippen LogP contribution is -2.57. The number of nitrogens with two attached hydrogens (primary N) is 1. The highest BCUT2D eigenvalue weighted by Gasteiger charge is 2.42. The van der Waals surface area contributed by atoms with Crippen LogP contribution in [-0.4, -0.2) is 67.6 Å². The van der Waals surface area contributed by atoms with E-state index in [1.165, 1.54) is 18.2 Å². The molecule has 2 fully saturated rings. The molecule has 0 radical (unpaired) electrons. The minimum atomic E-state index is -0.535. The van der Waals surface area contributed by atoms with E-state index >= 15 is 0 Å². The van der Waals surface area contributed by atoms with Gasteiger partial charge in [-0.3, -0.25) is 9.59 Å². The average Bonchev–Trinajstić information content (AvgIpc) is 2.67. The summed E-state index contributed by atoms with van der Waals surface area (Å²) in [5.41, 5.74) is 5.71. The summed E-state index contributed by atoms with van der Waals surface area (Å²) < 4.78 is 18.7. The van der Waals surface area contributed by atoms with E-state index in [2.05, 4.69) is 0 Å². The van der Waals surface area contributed by atoms with Gasteiger partial charge in [0.1, 0.15) is 5.82 Å². The fourth-order valence-corrected chi connectivity index (χ4v) is 3.52. The number of benzene rings is 1. The van der Waals surface area contributed by atoms with E-state index in [1.54, 1.807) is 15.9 Å². The Morgan fingerprint density at radius 1 is 1.12 bits per heavy atom. The van der Waals surface area contributed by atoms with Crippen LogP contribution in [0.4, 0.5) is 4.39 Å². The molecule has 2 N–H and O–H groups in total. The molecule has 144 valence electrons. The second kappa shape index (κ2) is 8.79. The Balaban J connectivity index is 0.00000243. The largest absolute Gasteiger partial charge is 0.381 e. The second-order valence-electron chi connectivity index (χ2n) is 6.69. The molecule has 1 aromatic rings. The molecular weight excluding hydrogens is 361 g/mol. The molecule has 0 atom stereocenters. The third-order valence-corrected chi connectivity index (χ3v) is 5.22. The normalized spacial score (nSPS) is 19.6. The first-order chi connectivity index (χ1) is 12.1. The summed E-state index contributed by atoms with van der Waals surface area (Å²) in [7, 11) is 0. The summed E-state index contributed by atoms with van der Waals surface area (Å²) in [5.74, 6) is -0.563. The van der Waals surface area contributed by atoms with Gasteiger partial charge < -0.3 is 20.3 Å². The maximum absolute atomic E-state index is 13.3. The Bertz CT molecular complexity index is 644. The maximum atomic E-state index is 13.3. The van der Waals surface area contributed by atoms with Gasteiger partial charge in [-0.25, -0.2) is 4.39 Å². The molecule has 2 heterocycles. The van der Waals surface area contributed by atoms with Crippen LogP contribution in [0.15, 0.2) is 24.3 Å². The van der Waals surface area contributed by atoms with Crippen molar-refractivity contribution in [3.63, 3.8) is 0 Å². The molecule has 2 amide bonds. The molecular formula is C18H25ClFN3O3. The lowest BCUT2D eigenvalue weighted by molar-refractivity contribution is -0.148. The van der Waals surface area contributed by atoms with E-state index in [-0.39, 0.29) is 24.2 Å². The number of hydrogen-bond donors (Lipinski definition) is 1. The van der Waals surface area contributed by atoms with Crippen molar-refractivity contribution in [3.05, 3.63) is 35.6 Å². The number of hydrogen-bond acceptors (Lipinski definition) is 4. The maximum Gasteiger partial charge on any atom is 0.254 e. The standard InChI is InChI=1S/C18H24FN3O3.ClH/c19-15-3-1-2-14(12-15)16(23)21-6-8-22(9-7-21)17(24)18(13-20)4-10-25-11-5-18;/h1-3,12H,4-11,13,20H2;1H. The second-order valence-corrected chi connectivity index (χ2v) is 6.69. The number of carbonyl (C=O) groups is 2. The van der Waals surface area contributed by atoms with Gasteiger partial charge in [-0.1, -0.05) is 6.07 Å². The number of ether oxygens (including phenoxy) is 1. The van der Waals surface area contributed by atoms with Gasteiger partial charge in [0.05, 0.1) is 5.41 Å². The zero-order valence-corrected chi connectivity index (χ0v) is 15.5. The SMILES string of the molecule is Cl.NCC1(C(=O)N2CCN(C(=O)c3cccc(F)c3)CC2)CCOCC1. The van der Waals surface area contributed by atoms with E-state index in [9.17, 15) is 14.0 Å². The third-order valence-electron chi connectivity index (χ3n) is 5.22. The van der Waals surface area contributed by atoms with Crippen molar-refractivity contribution in [2.24, 2.45) is 11.1 Å². The smallest absolute Gasteiger partial charge is 0.254 e. The van der Waals surface area contributed by atoms with Crippen LogP contribution in [0.25, 0.3) is 0 Å². The van der Waals surface area contributed by atoms with E-state index in [0.717, 1.165) is 0 Å². The Morgan fingerprint density at radius 3 is 2.31 bits per heavy atom. The van der Waals surface area contributed by atoms with Gasteiger partial charge in [-0.2, -0.15) is 0 Å². The lowest BCUT2D eigenvalue weighted by atomic mass is 9.78. The van der Waals surface area contributed by atoms with Gasteiger partial charge in [-0.05, 0) is 31.0 Å². The summed E-state index contributed by atoms with van der Waals surface area (Å²) in [6.45, 7) is 3.26. The van der Waals surface area contributed by atoms with Crippen LogP contribution in [0.5, 0.6) is 0 Å². The first kappa shape index (κ1) is 20.6. The number of halogens is 2. The first-order valence-electron chi connectivity index (χ1n) is 8.68. The summed E-state index contributed by atoms with van der Waals surface area (Å²) in [6, 6.07) is 5.69. The lowest BCUT2D eigenvalue weighted by Gasteiger charge is -2.42. The number of carbonyl (C=O) groups excluding carboxylic acids is 2. The first-order valence-corrected chi connectivity index (χ1v) is 8.68. The molecule has 0 unspecified atom stereocenters. The molecule has 26 heavy (non-hydrogen) atoms. The van der Waals surface area contributed by atoms with Crippen LogP contribution < -0.4 is 5.73 Å². The van der Waals surface area contributed by atoms with Crippen molar-refractivity contribution >= 4 is 24.2 Å².